The summed E-state index contributed by atoms with van der Waals surface area (Å²) in [6, 6.07) is 14.5. The number of hydrogen-bond donors (Lipinski definition) is 1. The summed E-state index contributed by atoms with van der Waals surface area (Å²) in [6.45, 7) is 6.08. The highest BCUT2D eigenvalue weighted by Crippen LogP contribution is 2.40. The Hall–Kier alpha value is -2.20. The molecule has 1 N–H and O–H groups in total. The van der Waals surface area contributed by atoms with Gasteiger partial charge < -0.3 is 9.84 Å². The molecule has 1 aliphatic heterocycles. The van der Waals surface area contributed by atoms with Crippen LogP contribution in [0.1, 0.15) is 23.6 Å². The minimum Gasteiger partial charge on any atom is -0.504 e. The molecule has 1 saturated heterocycles. The van der Waals surface area contributed by atoms with Gasteiger partial charge in [0.15, 0.2) is 16.7 Å². The molecule has 1 aliphatic rings. The monoisotopic (exact) mass is 638 g/mol. The number of halogens is 3. The summed E-state index contributed by atoms with van der Waals surface area (Å²) >= 11 is 16.0. The van der Waals surface area contributed by atoms with Crippen molar-refractivity contribution in [2.75, 3.05) is 11.5 Å². The van der Waals surface area contributed by atoms with Crippen LogP contribution in [0.4, 0.5) is 11.4 Å². The highest BCUT2D eigenvalue weighted by Gasteiger charge is 2.35. The quantitative estimate of drug-likeness (QED) is 0.226. The van der Waals surface area contributed by atoms with Gasteiger partial charge >= 0.3 is 0 Å². The SMILES string of the molecule is CCOc1cc(/C=C2/SC(=Nc3ccc(C)c(Cl)c3)N(c3ccc(C)c(Cl)c3)C2=O)cc(I)c1O. The lowest BCUT2D eigenvalue weighted by atomic mass is 10.1. The Balaban J connectivity index is 1.81. The molecule has 35 heavy (non-hydrogen) atoms. The van der Waals surface area contributed by atoms with E-state index in [-0.39, 0.29) is 11.7 Å². The van der Waals surface area contributed by atoms with Gasteiger partial charge in [0.25, 0.3) is 5.91 Å². The van der Waals surface area contributed by atoms with Crippen molar-refractivity contribution in [3.8, 4) is 11.5 Å². The molecule has 0 unspecified atom stereocenters. The first-order valence-corrected chi connectivity index (χ1v) is 13.3. The zero-order chi connectivity index (χ0) is 25.3. The summed E-state index contributed by atoms with van der Waals surface area (Å²) in [5, 5.41) is 11.9. The molecule has 3 aromatic rings. The molecule has 1 amide bonds. The molecule has 1 fully saturated rings. The predicted octanol–water partition coefficient (Wildman–Crippen LogP) is 8.13. The molecule has 0 radical (unpaired) electrons. The fourth-order valence-corrected chi connectivity index (χ4v) is 5.33. The van der Waals surface area contributed by atoms with Crippen molar-refractivity contribution >= 4 is 86.1 Å². The number of phenols is 1. The molecule has 9 heteroatoms. The van der Waals surface area contributed by atoms with Crippen LogP contribution < -0.4 is 9.64 Å². The van der Waals surface area contributed by atoms with Gasteiger partial charge in [-0.25, -0.2) is 4.99 Å². The molecule has 0 bridgehead atoms. The van der Waals surface area contributed by atoms with Crippen LogP contribution in [-0.4, -0.2) is 22.8 Å². The number of ether oxygens (including phenoxy) is 1. The number of phenolic OH excluding ortho intramolecular Hbond substituents is 1. The van der Waals surface area contributed by atoms with E-state index in [2.05, 4.69) is 0 Å². The molecule has 0 atom stereocenters. The number of aromatic hydroxyl groups is 1. The lowest BCUT2D eigenvalue weighted by molar-refractivity contribution is -0.113. The maximum absolute atomic E-state index is 13.6. The number of benzene rings is 3. The Bertz CT molecular complexity index is 1390. The van der Waals surface area contributed by atoms with Gasteiger partial charge in [0, 0.05) is 10.0 Å². The van der Waals surface area contributed by atoms with Crippen LogP contribution in [0, 0.1) is 17.4 Å². The zero-order valence-corrected chi connectivity index (χ0v) is 23.6. The third kappa shape index (κ3) is 5.63. The Morgan fingerprint density at radius 3 is 2.43 bits per heavy atom. The summed E-state index contributed by atoms with van der Waals surface area (Å²) < 4.78 is 6.17. The van der Waals surface area contributed by atoms with Gasteiger partial charge in [-0.2, -0.15) is 0 Å². The molecule has 0 aromatic heterocycles. The van der Waals surface area contributed by atoms with Gasteiger partial charge in [0.1, 0.15) is 0 Å². The maximum Gasteiger partial charge on any atom is 0.271 e. The number of nitrogens with zero attached hydrogens (tertiary/aromatic N) is 2. The minimum atomic E-state index is -0.229. The molecular formula is C26H21Cl2IN2O3S. The first kappa shape index (κ1) is 25.9. The smallest absolute Gasteiger partial charge is 0.271 e. The molecule has 4 rings (SSSR count). The summed E-state index contributed by atoms with van der Waals surface area (Å²) in [6.07, 6.45) is 1.77. The topological polar surface area (TPSA) is 62.1 Å². The number of amides is 1. The number of carbonyl (C=O) groups excluding carboxylic acids is 1. The van der Waals surface area contributed by atoms with Crippen LogP contribution in [0.15, 0.2) is 58.4 Å². The number of anilines is 1. The highest BCUT2D eigenvalue weighted by molar-refractivity contribution is 14.1. The Labute approximate surface area is 231 Å². The number of aliphatic imine (C=N–C) groups is 1. The molecule has 3 aromatic carbocycles. The van der Waals surface area contributed by atoms with Crippen LogP contribution in [0.5, 0.6) is 11.5 Å². The second-order valence-corrected chi connectivity index (χ2v) is 10.8. The van der Waals surface area contributed by atoms with E-state index in [0.29, 0.717) is 47.4 Å². The maximum atomic E-state index is 13.6. The number of thioether (sulfide) groups is 1. The zero-order valence-electron chi connectivity index (χ0n) is 19.1. The van der Waals surface area contributed by atoms with Crippen molar-refractivity contribution in [1.82, 2.24) is 0 Å². The third-order valence-corrected chi connectivity index (χ3v) is 7.85. The molecule has 0 aliphatic carbocycles. The summed E-state index contributed by atoms with van der Waals surface area (Å²) in [4.78, 5) is 20.4. The third-order valence-electron chi connectivity index (χ3n) is 5.25. The average Bonchev–Trinajstić information content (AvgIpc) is 3.10. The van der Waals surface area contributed by atoms with Crippen LogP contribution in [-0.2, 0) is 4.79 Å². The van der Waals surface area contributed by atoms with Crippen molar-refractivity contribution in [2.24, 2.45) is 4.99 Å². The lowest BCUT2D eigenvalue weighted by Crippen LogP contribution is -2.28. The van der Waals surface area contributed by atoms with Crippen LogP contribution in [0.3, 0.4) is 0 Å². The Kier molecular flexibility index (Phi) is 8.00. The standard InChI is InChI=1S/C26H21Cl2IN2O3S/c1-4-34-22-10-16(9-21(29)24(22)32)11-23-25(33)31(18-8-6-15(3)20(28)13-18)26(35-23)30-17-7-5-14(2)19(27)12-17/h5-13,32H,4H2,1-3H3/b23-11+,30-26?. The van der Waals surface area contributed by atoms with E-state index < -0.39 is 0 Å². The fraction of sp³-hybridized carbons (Fsp3) is 0.154. The highest BCUT2D eigenvalue weighted by atomic mass is 127. The van der Waals surface area contributed by atoms with Crippen LogP contribution >= 0.6 is 57.6 Å². The van der Waals surface area contributed by atoms with E-state index >= 15 is 0 Å². The van der Waals surface area contributed by atoms with E-state index in [1.54, 1.807) is 35.2 Å². The van der Waals surface area contributed by atoms with E-state index in [1.807, 2.05) is 67.6 Å². The molecular weight excluding hydrogens is 618 g/mol. The minimum absolute atomic E-state index is 0.0782. The van der Waals surface area contributed by atoms with Gasteiger partial charge in [-0.15, -0.1) is 0 Å². The van der Waals surface area contributed by atoms with Gasteiger partial charge in [-0.1, -0.05) is 35.3 Å². The number of rotatable bonds is 5. The van der Waals surface area contributed by atoms with Crippen LogP contribution in [0.2, 0.25) is 10.0 Å². The molecule has 0 saturated carbocycles. The molecule has 1 heterocycles. The van der Waals surface area contributed by atoms with Crippen molar-refractivity contribution in [3.63, 3.8) is 0 Å². The second-order valence-electron chi connectivity index (χ2n) is 7.80. The van der Waals surface area contributed by atoms with Crippen molar-refractivity contribution in [3.05, 3.63) is 83.7 Å². The Morgan fingerprint density at radius 2 is 1.77 bits per heavy atom. The number of amidine groups is 1. The van der Waals surface area contributed by atoms with Gasteiger partial charge in [-0.3, -0.25) is 9.69 Å². The summed E-state index contributed by atoms with van der Waals surface area (Å²) in [5.74, 6) is 0.217. The number of carbonyl (C=O) groups is 1. The Morgan fingerprint density at radius 1 is 1.09 bits per heavy atom. The van der Waals surface area contributed by atoms with Gasteiger partial charge in [0.2, 0.25) is 0 Å². The number of aryl methyl sites for hydroxylation is 2. The summed E-state index contributed by atoms with van der Waals surface area (Å²) in [7, 11) is 0. The molecule has 0 spiro atoms. The van der Waals surface area contributed by atoms with E-state index in [0.717, 1.165) is 16.7 Å². The largest absolute Gasteiger partial charge is 0.504 e. The van der Waals surface area contributed by atoms with Crippen molar-refractivity contribution < 1.29 is 14.6 Å². The molecule has 180 valence electrons. The van der Waals surface area contributed by atoms with Crippen LogP contribution in [0.25, 0.3) is 6.08 Å². The second kappa shape index (κ2) is 10.8. The van der Waals surface area contributed by atoms with Gasteiger partial charge in [-0.05, 0) is 114 Å². The average molecular weight is 639 g/mol. The normalized spacial score (nSPS) is 15.9. The first-order valence-electron chi connectivity index (χ1n) is 10.7. The van der Waals surface area contributed by atoms with Gasteiger partial charge in [0.05, 0.1) is 26.5 Å². The predicted molar refractivity (Wildman–Crippen MR) is 155 cm³/mol. The summed E-state index contributed by atoms with van der Waals surface area (Å²) in [5.41, 5.74) is 3.84. The van der Waals surface area contributed by atoms with Crippen molar-refractivity contribution in [1.29, 1.82) is 0 Å². The first-order chi connectivity index (χ1) is 16.7. The van der Waals surface area contributed by atoms with E-state index in [1.165, 1.54) is 11.8 Å². The van der Waals surface area contributed by atoms with E-state index in [9.17, 15) is 9.90 Å². The lowest BCUT2D eigenvalue weighted by Gasteiger charge is -2.16. The van der Waals surface area contributed by atoms with Crippen molar-refractivity contribution in [2.45, 2.75) is 20.8 Å². The fourth-order valence-electron chi connectivity index (χ4n) is 3.35. The number of hydrogen-bond acceptors (Lipinski definition) is 5. The molecule has 5 nitrogen and oxygen atoms in total. The van der Waals surface area contributed by atoms with E-state index in [4.69, 9.17) is 32.9 Å².